The Morgan fingerprint density at radius 2 is 2.00 bits per heavy atom. The smallest absolute Gasteiger partial charge is 0.262 e. The number of primary amides is 1. The average molecular weight is 379 g/mol. The van der Waals surface area contributed by atoms with E-state index in [1.807, 2.05) is 13.8 Å². The van der Waals surface area contributed by atoms with E-state index in [1.165, 1.54) is 11.3 Å². The summed E-state index contributed by atoms with van der Waals surface area (Å²) < 4.78 is 28.1. The van der Waals surface area contributed by atoms with Crippen LogP contribution in [0.1, 0.15) is 45.3 Å². The Hall–Kier alpha value is -1.86. The van der Waals surface area contributed by atoms with E-state index < -0.39 is 15.9 Å². The van der Waals surface area contributed by atoms with Gasteiger partial charge in [-0.15, -0.1) is 11.3 Å². The lowest BCUT2D eigenvalue weighted by Crippen LogP contribution is -2.19. The number of hydrogen-bond acceptors (Lipinski definition) is 4. The lowest BCUT2D eigenvalue weighted by Gasteiger charge is -2.18. The highest BCUT2D eigenvalue weighted by Crippen LogP contribution is 2.40. The molecule has 3 N–H and O–H groups in total. The summed E-state index contributed by atoms with van der Waals surface area (Å²) in [6, 6.07) is 4.99. The third-order valence-electron chi connectivity index (χ3n) is 4.77. The Bertz CT molecular complexity index is 945. The van der Waals surface area contributed by atoms with Crippen molar-refractivity contribution in [1.29, 1.82) is 0 Å². The maximum absolute atomic E-state index is 12.8. The van der Waals surface area contributed by atoms with Crippen molar-refractivity contribution < 1.29 is 13.2 Å². The zero-order valence-electron chi connectivity index (χ0n) is 14.5. The van der Waals surface area contributed by atoms with Gasteiger partial charge in [0.25, 0.3) is 15.9 Å². The number of nitrogens with two attached hydrogens (primary N) is 1. The molecule has 7 heteroatoms. The topological polar surface area (TPSA) is 89.3 Å². The molecule has 0 fully saturated rings. The molecule has 3 rings (SSSR count). The van der Waals surface area contributed by atoms with Crippen LogP contribution in [0.2, 0.25) is 0 Å². The predicted molar refractivity (Wildman–Crippen MR) is 101 cm³/mol. The first kappa shape index (κ1) is 17.9. The SMILES string of the molecule is Cc1ccc(S(=O)(=O)Nc2sc3c(c2C(N)=O)CC[C@@H](C)C3)cc1C. The zero-order chi connectivity index (χ0) is 18.4. The minimum absolute atomic E-state index is 0.186. The molecule has 2 aromatic rings. The lowest BCUT2D eigenvalue weighted by molar-refractivity contribution is 0.100. The molecule has 0 saturated heterocycles. The number of carbonyl (C=O) groups excluding carboxylic acids is 1. The molecule has 1 aromatic carbocycles. The number of rotatable bonds is 4. The molecule has 0 aliphatic heterocycles. The number of amides is 1. The Morgan fingerprint density at radius 3 is 2.64 bits per heavy atom. The number of thiophene rings is 1. The van der Waals surface area contributed by atoms with Crippen molar-refractivity contribution >= 4 is 32.3 Å². The largest absolute Gasteiger partial charge is 0.365 e. The average Bonchev–Trinajstić information content (AvgIpc) is 2.85. The standard InChI is InChI=1S/C18H22N2O3S2/c1-10-4-7-14-15(8-10)24-18(16(14)17(19)21)20-25(22,23)13-6-5-11(2)12(3)9-13/h5-6,9-10,20H,4,7-8H2,1-3H3,(H2,19,21)/t10-/m1/s1. The first-order valence-electron chi connectivity index (χ1n) is 8.23. The fourth-order valence-corrected chi connectivity index (χ4v) is 5.95. The Labute approximate surface area is 152 Å². The third-order valence-corrected chi connectivity index (χ3v) is 7.42. The summed E-state index contributed by atoms with van der Waals surface area (Å²) in [5, 5.41) is 0.338. The van der Waals surface area contributed by atoms with Gasteiger partial charge in [0.2, 0.25) is 0 Å². The van der Waals surface area contributed by atoms with Crippen LogP contribution in [0.25, 0.3) is 0 Å². The van der Waals surface area contributed by atoms with Gasteiger partial charge in [-0.2, -0.15) is 0 Å². The van der Waals surface area contributed by atoms with Gasteiger partial charge in [-0.1, -0.05) is 13.0 Å². The molecule has 0 radical (unpaired) electrons. The third kappa shape index (κ3) is 3.43. The number of benzene rings is 1. The van der Waals surface area contributed by atoms with Gasteiger partial charge >= 0.3 is 0 Å². The first-order valence-corrected chi connectivity index (χ1v) is 10.5. The number of anilines is 1. The highest BCUT2D eigenvalue weighted by Gasteiger charge is 2.28. The van der Waals surface area contributed by atoms with E-state index in [1.54, 1.807) is 18.2 Å². The van der Waals surface area contributed by atoms with Crippen molar-refractivity contribution in [3.8, 4) is 0 Å². The quantitative estimate of drug-likeness (QED) is 0.854. The van der Waals surface area contributed by atoms with Crippen molar-refractivity contribution in [3.05, 3.63) is 45.3 Å². The fourth-order valence-electron chi connectivity index (χ4n) is 3.15. The molecule has 1 heterocycles. The van der Waals surface area contributed by atoms with Gasteiger partial charge in [0.1, 0.15) is 5.00 Å². The summed E-state index contributed by atoms with van der Waals surface area (Å²) in [5.74, 6) is -0.0547. The molecule has 0 spiro atoms. The van der Waals surface area contributed by atoms with Gasteiger partial charge in [-0.05, 0) is 67.9 Å². The molecule has 0 bridgehead atoms. The van der Waals surface area contributed by atoms with E-state index in [0.29, 0.717) is 16.5 Å². The number of aryl methyl sites for hydroxylation is 2. The van der Waals surface area contributed by atoms with E-state index in [9.17, 15) is 13.2 Å². The second kappa shape index (κ2) is 6.46. The Kier molecular flexibility index (Phi) is 4.64. The second-order valence-electron chi connectivity index (χ2n) is 6.77. The predicted octanol–water partition coefficient (Wildman–Crippen LogP) is 3.39. The molecular formula is C18H22N2O3S2. The molecule has 25 heavy (non-hydrogen) atoms. The van der Waals surface area contributed by atoms with Crippen LogP contribution in [-0.4, -0.2) is 14.3 Å². The van der Waals surface area contributed by atoms with Gasteiger partial charge in [0, 0.05) is 4.88 Å². The van der Waals surface area contributed by atoms with Crippen molar-refractivity contribution in [2.75, 3.05) is 4.72 Å². The van der Waals surface area contributed by atoms with Gasteiger partial charge < -0.3 is 5.73 Å². The molecule has 1 aliphatic rings. The minimum atomic E-state index is -3.77. The normalized spacial score (nSPS) is 17.2. The van der Waals surface area contributed by atoms with E-state index in [-0.39, 0.29) is 4.90 Å². The number of nitrogens with one attached hydrogen (secondary N) is 1. The van der Waals surface area contributed by atoms with Crippen LogP contribution < -0.4 is 10.5 Å². The number of carbonyl (C=O) groups is 1. The lowest BCUT2D eigenvalue weighted by atomic mass is 9.88. The first-order chi connectivity index (χ1) is 11.7. The fraction of sp³-hybridized carbons (Fsp3) is 0.389. The molecule has 1 aromatic heterocycles. The monoisotopic (exact) mass is 378 g/mol. The molecule has 1 amide bonds. The molecular weight excluding hydrogens is 356 g/mol. The molecule has 0 saturated carbocycles. The van der Waals surface area contributed by atoms with Crippen molar-refractivity contribution in [2.45, 2.75) is 44.9 Å². The molecule has 1 aliphatic carbocycles. The van der Waals surface area contributed by atoms with Gasteiger partial charge in [0.15, 0.2) is 0 Å². The van der Waals surface area contributed by atoms with Crippen LogP contribution in [0.5, 0.6) is 0 Å². The summed E-state index contributed by atoms with van der Waals surface area (Å²) in [4.78, 5) is 13.2. The zero-order valence-corrected chi connectivity index (χ0v) is 16.2. The van der Waals surface area contributed by atoms with Crippen molar-refractivity contribution in [1.82, 2.24) is 0 Å². The number of fused-ring (bicyclic) bond motifs is 1. The van der Waals surface area contributed by atoms with Crippen LogP contribution in [0.4, 0.5) is 5.00 Å². The van der Waals surface area contributed by atoms with Crippen molar-refractivity contribution in [3.63, 3.8) is 0 Å². The highest BCUT2D eigenvalue weighted by molar-refractivity contribution is 7.93. The van der Waals surface area contributed by atoms with Crippen LogP contribution in [-0.2, 0) is 22.9 Å². The molecule has 1 atom stereocenters. The van der Waals surface area contributed by atoms with Gasteiger partial charge in [-0.25, -0.2) is 8.42 Å². The summed E-state index contributed by atoms with van der Waals surface area (Å²) >= 11 is 1.33. The highest BCUT2D eigenvalue weighted by atomic mass is 32.2. The summed E-state index contributed by atoms with van der Waals surface area (Å²) in [6.07, 6.45) is 2.59. The van der Waals surface area contributed by atoms with E-state index >= 15 is 0 Å². The van der Waals surface area contributed by atoms with E-state index in [0.717, 1.165) is 40.8 Å². The van der Waals surface area contributed by atoms with Crippen LogP contribution in [0.3, 0.4) is 0 Å². The van der Waals surface area contributed by atoms with Gasteiger partial charge in [-0.3, -0.25) is 9.52 Å². The van der Waals surface area contributed by atoms with E-state index in [2.05, 4.69) is 11.6 Å². The van der Waals surface area contributed by atoms with E-state index in [4.69, 9.17) is 5.73 Å². The number of sulfonamides is 1. The summed E-state index contributed by atoms with van der Waals surface area (Å²) in [7, 11) is -3.77. The van der Waals surface area contributed by atoms with Crippen LogP contribution >= 0.6 is 11.3 Å². The molecule has 0 unspecified atom stereocenters. The summed E-state index contributed by atoms with van der Waals surface area (Å²) in [6.45, 7) is 5.96. The van der Waals surface area contributed by atoms with Gasteiger partial charge in [0.05, 0.1) is 10.5 Å². The molecule has 134 valence electrons. The van der Waals surface area contributed by atoms with Crippen LogP contribution in [0.15, 0.2) is 23.1 Å². The molecule has 5 nitrogen and oxygen atoms in total. The minimum Gasteiger partial charge on any atom is -0.365 e. The number of hydrogen-bond donors (Lipinski definition) is 2. The summed E-state index contributed by atoms with van der Waals surface area (Å²) in [5.41, 5.74) is 8.72. The maximum Gasteiger partial charge on any atom is 0.262 e. The second-order valence-corrected chi connectivity index (χ2v) is 9.56. The van der Waals surface area contributed by atoms with Crippen LogP contribution in [0, 0.1) is 19.8 Å². The Balaban J connectivity index is 2.02. The maximum atomic E-state index is 12.8. The van der Waals surface area contributed by atoms with Crippen molar-refractivity contribution in [2.24, 2.45) is 11.7 Å². The Morgan fingerprint density at radius 1 is 1.28 bits per heavy atom.